The lowest BCUT2D eigenvalue weighted by molar-refractivity contribution is 0.415. The Balaban J connectivity index is 1.75. The molecule has 1 heterocycles. The third-order valence-corrected chi connectivity index (χ3v) is 4.28. The van der Waals surface area contributed by atoms with Gasteiger partial charge in [-0.15, -0.1) is 11.3 Å². The Labute approximate surface area is 129 Å². The van der Waals surface area contributed by atoms with Crippen LogP contribution in [0.15, 0.2) is 36.4 Å². The first-order valence-electron chi connectivity index (χ1n) is 6.49. The third-order valence-electron chi connectivity index (χ3n) is 3.05. The van der Waals surface area contributed by atoms with E-state index in [0.717, 1.165) is 35.4 Å². The molecule has 0 atom stereocenters. The normalized spacial score (nSPS) is 10.6. The monoisotopic (exact) mass is 310 g/mol. The fraction of sp³-hybridized carbons (Fsp3) is 0.333. The molecule has 20 heavy (non-hydrogen) atoms. The summed E-state index contributed by atoms with van der Waals surface area (Å²) in [5.74, 6) is 0.885. The molecule has 0 saturated heterocycles. The molecule has 0 saturated carbocycles. The number of methoxy groups -OCH3 is 1. The van der Waals surface area contributed by atoms with Crippen LogP contribution < -0.4 is 15.0 Å². The largest absolute Gasteiger partial charge is 0.497 e. The Hall–Kier alpha value is -1.23. The molecule has 0 aliphatic carbocycles. The van der Waals surface area contributed by atoms with Crippen molar-refractivity contribution in [3.8, 4) is 5.75 Å². The first kappa shape index (κ1) is 15.2. The van der Waals surface area contributed by atoms with Crippen LogP contribution in [0.1, 0.15) is 4.88 Å². The molecule has 0 aliphatic rings. The van der Waals surface area contributed by atoms with Gasteiger partial charge < -0.3 is 15.0 Å². The molecule has 0 amide bonds. The van der Waals surface area contributed by atoms with Crippen molar-refractivity contribution in [3.05, 3.63) is 45.6 Å². The van der Waals surface area contributed by atoms with Crippen LogP contribution in [-0.4, -0.2) is 27.2 Å². The lowest BCUT2D eigenvalue weighted by Gasteiger charge is -2.20. The number of likely N-dealkylation sites (N-methyl/N-ethyl adjacent to an activating group) is 1. The van der Waals surface area contributed by atoms with Gasteiger partial charge in [-0.2, -0.15) is 0 Å². The second kappa shape index (κ2) is 7.53. The van der Waals surface area contributed by atoms with Gasteiger partial charge in [-0.05, 0) is 24.3 Å². The van der Waals surface area contributed by atoms with Crippen molar-refractivity contribution in [2.24, 2.45) is 0 Å². The molecular weight excluding hydrogens is 292 g/mol. The van der Waals surface area contributed by atoms with E-state index in [9.17, 15) is 0 Å². The number of hydrogen-bond donors (Lipinski definition) is 1. The van der Waals surface area contributed by atoms with Gasteiger partial charge in [0, 0.05) is 43.3 Å². The zero-order valence-electron chi connectivity index (χ0n) is 11.7. The van der Waals surface area contributed by atoms with Crippen molar-refractivity contribution in [2.45, 2.75) is 6.54 Å². The number of anilines is 1. The fourth-order valence-corrected chi connectivity index (χ4v) is 2.94. The summed E-state index contributed by atoms with van der Waals surface area (Å²) in [6, 6.07) is 12.1. The van der Waals surface area contributed by atoms with E-state index in [4.69, 9.17) is 16.3 Å². The van der Waals surface area contributed by atoms with Gasteiger partial charge in [-0.25, -0.2) is 0 Å². The van der Waals surface area contributed by atoms with Gasteiger partial charge in [0.15, 0.2) is 0 Å². The van der Waals surface area contributed by atoms with Crippen LogP contribution in [0.3, 0.4) is 0 Å². The SMILES string of the molecule is COc1cccc(N(C)CCNCc2ccc(Cl)s2)c1. The summed E-state index contributed by atoms with van der Waals surface area (Å²) >= 11 is 7.52. The van der Waals surface area contributed by atoms with Gasteiger partial charge in [-0.1, -0.05) is 17.7 Å². The highest BCUT2D eigenvalue weighted by Crippen LogP contribution is 2.21. The minimum Gasteiger partial charge on any atom is -0.497 e. The zero-order valence-corrected chi connectivity index (χ0v) is 13.3. The number of nitrogens with zero attached hydrogens (tertiary/aromatic N) is 1. The van der Waals surface area contributed by atoms with Crippen LogP contribution in [0, 0.1) is 0 Å². The van der Waals surface area contributed by atoms with E-state index >= 15 is 0 Å². The summed E-state index contributed by atoms with van der Waals surface area (Å²) in [4.78, 5) is 3.47. The van der Waals surface area contributed by atoms with Crippen molar-refractivity contribution in [3.63, 3.8) is 0 Å². The second-order valence-corrected chi connectivity index (χ2v) is 6.31. The smallest absolute Gasteiger partial charge is 0.120 e. The molecule has 1 aromatic heterocycles. The minimum absolute atomic E-state index is 0.843. The zero-order chi connectivity index (χ0) is 14.4. The third kappa shape index (κ3) is 4.40. The van der Waals surface area contributed by atoms with Crippen LogP contribution >= 0.6 is 22.9 Å². The maximum Gasteiger partial charge on any atom is 0.120 e. The Bertz CT molecular complexity index is 544. The molecule has 5 heteroatoms. The van der Waals surface area contributed by atoms with Crippen molar-refractivity contribution in [1.82, 2.24) is 5.32 Å². The molecule has 0 spiro atoms. The van der Waals surface area contributed by atoms with Crippen LogP contribution in [-0.2, 0) is 6.54 Å². The Morgan fingerprint density at radius 1 is 1.30 bits per heavy atom. The van der Waals surface area contributed by atoms with E-state index < -0.39 is 0 Å². The number of benzene rings is 1. The average Bonchev–Trinajstić information content (AvgIpc) is 2.89. The molecule has 108 valence electrons. The van der Waals surface area contributed by atoms with E-state index in [-0.39, 0.29) is 0 Å². The van der Waals surface area contributed by atoms with Crippen molar-refractivity contribution in [2.75, 3.05) is 32.1 Å². The lowest BCUT2D eigenvalue weighted by Crippen LogP contribution is -2.28. The fourth-order valence-electron chi connectivity index (χ4n) is 1.88. The Kier molecular flexibility index (Phi) is 5.71. The number of rotatable bonds is 7. The molecule has 3 nitrogen and oxygen atoms in total. The number of halogens is 1. The minimum atomic E-state index is 0.843. The van der Waals surface area contributed by atoms with E-state index in [1.54, 1.807) is 18.4 Å². The predicted molar refractivity (Wildman–Crippen MR) is 87.3 cm³/mol. The Morgan fingerprint density at radius 2 is 2.15 bits per heavy atom. The molecule has 0 fully saturated rings. The molecule has 0 bridgehead atoms. The van der Waals surface area contributed by atoms with Gasteiger partial charge in [0.2, 0.25) is 0 Å². The predicted octanol–water partition coefficient (Wildman–Crippen LogP) is 3.64. The van der Waals surface area contributed by atoms with Crippen molar-refractivity contribution < 1.29 is 4.74 Å². The average molecular weight is 311 g/mol. The van der Waals surface area contributed by atoms with Gasteiger partial charge in [-0.3, -0.25) is 0 Å². The molecule has 1 aromatic carbocycles. The lowest BCUT2D eigenvalue weighted by atomic mass is 10.3. The first-order valence-corrected chi connectivity index (χ1v) is 7.68. The summed E-state index contributed by atoms with van der Waals surface area (Å²) in [6.45, 7) is 2.72. The molecule has 0 unspecified atom stereocenters. The van der Waals surface area contributed by atoms with Gasteiger partial charge >= 0.3 is 0 Å². The van der Waals surface area contributed by atoms with E-state index in [0.29, 0.717) is 0 Å². The number of ether oxygens (including phenoxy) is 1. The van der Waals surface area contributed by atoms with Crippen LogP contribution in [0.2, 0.25) is 4.34 Å². The van der Waals surface area contributed by atoms with Crippen molar-refractivity contribution >= 4 is 28.6 Å². The van der Waals surface area contributed by atoms with Crippen molar-refractivity contribution in [1.29, 1.82) is 0 Å². The maximum absolute atomic E-state index is 5.90. The summed E-state index contributed by atoms with van der Waals surface area (Å²) in [6.07, 6.45) is 0. The van der Waals surface area contributed by atoms with E-state index in [2.05, 4.69) is 29.4 Å². The quantitative estimate of drug-likeness (QED) is 0.790. The molecule has 1 N–H and O–H groups in total. The summed E-state index contributed by atoms with van der Waals surface area (Å²) < 4.78 is 6.08. The molecular formula is C15H19ClN2OS. The molecule has 2 aromatic rings. The summed E-state index contributed by atoms with van der Waals surface area (Å²) in [7, 11) is 3.77. The van der Waals surface area contributed by atoms with E-state index in [1.165, 1.54) is 4.88 Å². The van der Waals surface area contributed by atoms with Crippen LogP contribution in [0.5, 0.6) is 5.75 Å². The second-order valence-electron chi connectivity index (χ2n) is 4.51. The first-order chi connectivity index (χ1) is 9.69. The van der Waals surface area contributed by atoms with Gasteiger partial charge in [0.1, 0.15) is 5.75 Å². The van der Waals surface area contributed by atoms with Gasteiger partial charge in [0.25, 0.3) is 0 Å². The van der Waals surface area contributed by atoms with Gasteiger partial charge in [0.05, 0.1) is 11.4 Å². The topological polar surface area (TPSA) is 24.5 Å². The number of nitrogens with one attached hydrogen (secondary N) is 1. The van der Waals surface area contributed by atoms with Crippen LogP contribution in [0.4, 0.5) is 5.69 Å². The highest BCUT2D eigenvalue weighted by Gasteiger charge is 2.02. The van der Waals surface area contributed by atoms with E-state index in [1.807, 2.05) is 24.3 Å². The summed E-state index contributed by atoms with van der Waals surface area (Å²) in [5, 5.41) is 3.42. The number of thiophene rings is 1. The highest BCUT2D eigenvalue weighted by atomic mass is 35.5. The number of hydrogen-bond acceptors (Lipinski definition) is 4. The summed E-state index contributed by atoms with van der Waals surface area (Å²) in [5.41, 5.74) is 1.16. The Morgan fingerprint density at radius 3 is 2.85 bits per heavy atom. The maximum atomic E-state index is 5.90. The standard InChI is InChI=1S/C15H19ClN2OS/c1-18(12-4-3-5-13(10-12)19-2)9-8-17-11-14-6-7-15(16)20-14/h3-7,10,17H,8-9,11H2,1-2H3. The molecule has 2 rings (SSSR count). The van der Waals surface area contributed by atoms with Crippen LogP contribution in [0.25, 0.3) is 0 Å². The highest BCUT2D eigenvalue weighted by molar-refractivity contribution is 7.16. The molecule has 0 radical (unpaired) electrons. The molecule has 0 aliphatic heterocycles.